The summed E-state index contributed by atoms with van der Waals surface area (Å²) in [4.78, 5) is 7.62. The number of nitrogens with two attached hydrogens (primary N) is 2. The fourth-order valence-electron chi connectivity index (χ4n) is 1.73. The standard InChI is InChI=1S/C12H13F4N5O/c13-8(14)11(15,16)6-22-12(7-4-2-1-3-5-7)20-9(17)19-10(18)21-12/h1-5,8H,6H2,(H5,17,18,19,20,21). The summed E-state index contributed by atoms with van der Waals surface area (Å²) in [5.41, 5.74) is 11.2. The third-order valence-electron chi connectivity index (χ3n) is 2.74. The summed E-state index contributed by atoms with van der Waals surface area (Å²) in [6, 6.07) is 7.75. The molecule has 1 aromatic rings. The van der Waals surface area contributed by atoms with E-state index in [1.165, 1.54) is 12.1 Å². The molecule has 22 heavy (non-hydrogen) atoms. The molecule has 1 aliphatic heterocycles. The lowest BCUT2D eigenvalue weighted by Crippen LogP contribution is -2.50. The van der Waals surface area contributed by atoms with E-state index < -0.39 is 24.8 Å². The molecule has 5 N–H and O–H groups in total. The molecule has 0 saturated carbocycles. The van der Waals surface area contributed by atoms with E-state index in [0.29, 0.717) is 0 Å². The van der Waals surface area contributed by atoms with Gasteiger partial charge in [-0.1, -0.05) is 30.3 Å². The summed E-state index contributed by atoms with van der Waals surface area (Å²) in [6.45, 7) is -1.60. The van der Waals surface area contributed by atoms with E-state index >= 15 is 0 Å². The summed E-state index contributed by atoms with van der Waals surface area (Å²) >= 11 is 0. The molecule has 2 rings (SSSR count). The molecule has 10 heteroatoms. The molecule has 0 aromatic heterocycles. The molecule has 0 atom stereocenters. The van der Waals surface area contributed by atoms with E-state index in [1.54, 1.807) is 18.2 Å². The molecule has 0 saturated heterocycles. The summed E-state index contributed by atoms with van der Waals surface area (Å²) < 4.78 is 55.7. The number of rotatable bonds is 5. The van der Waals surface area contributed by atoms with Crippen molar-refractivity contribution in [1.29, 1.82) is 0 Å². The highest BCUT2D eigenvalue weighted by atomic mass is 19.3. The smallest absolute Gasteiger partial charge is 0.330 e. The first-order chi connectivity index (χ1) is 10.3. The van der Waals surface area contributed by atoms with Gasteiger partial charge in [0.25, 0.3) is 5.85 Å². The predicted molar refractivity (Wildman–Crippen MR) is 71.4 cm³/mol. The molecular formula is C12H13F4N5O. The van der Waals surface area contributed by atoms with Crippen molar-refractivity contribution in [2.75, 3.05) is 6.61 Å². The largest absolute Gasteiger partial charge is 0.369 e. The number of hydrogen-bond acceptors (Lipinski definition) is 6. The summed E-state index contributed by atoms with van der Waals surface area (Å²) in [6.07, 6.45) is -3.88. The first-order valence-electron chi connectivity index (χ1n) is 6.08. The van der Waals surface area contributed by atoms with Gasteiger partial charge in [0, 0.05) is 5.56 Å². The van der Waals surface area contributed by atoms with Crippen LogP contribution in [0.15, 0.2) is 40.3 Å². The number of halogens is 4. The Morgan fingerprint density at radius 3 is 2.18 bits per heavy atom. The molecule has 0 aliphatic carbocycles. The SMILES string of the molecule is NC1=NC(OCC(F)(F)C(F)F)(c2ccccc2)N=C(N)N1. The molecular weight excluding hydrogens is 306 g/mol. The summed E-state index contributed by atoms with van der Waals surface area (Å²) in [5.74, 6) is -6.88. The number of benzene rings is 1. The Morgan fingerprint density at radius 1 is 1.14 bits per heavy atom. The van der Waals surface area contributed by atoms with Crippen LogP contribution in [0, 0.1) is 0 Å². The average Bonchev–Trinajstić information content (AvgIpc) is 2.45. The molecule has 0 fully saturated rings. The van der Waals surface area contributed by atoms with E-state index in [-0.39, 0.29) is 17.5 Å². The summed E-state index contributed by atoms with van der Waals surface area (Å²) in [5, 5.41) is 2.36. The van der Waals surface area contributed by atoms with Crippen LogP contribution in [0.2, 0.25) is 0 Å². The molecule has 1 aromatic carbocycles. The maximum atomic E-state index is 13.1. The van der Waals surface area contributed by atoms with Crippen LogP contribution in [0.4, 0.5) is 17.6 Å². The van der Waals surface area contributed by atoms with Crippen molar-refractivity contribution in [2.24, 2.45) is 21.5 Å². The van der Waals surface area contributed by atoms with Crippen molar-refractivity contribution >= 4 is 11.9 Å². The molecule has 1 aliphatic rings. The molecule has 1 heterocycles. The first-order valence-corrected chi connectivity index (χ1v) is 6.08. The van der Waals surface area contributed by atoms with Gasteiger partial charge in [-0.05, 0) is 0 Å². The number of nitrogens with one attached hydrogen (secondary N) is 1. The Morgan fingerprint density at radius 2 is 1.68 bits per heavy atom. The second kappa shape index (κ2) is 5.79. The van der Waals surface area contributed by atoms with E-state index in [0.717, 1.165) is 0 Å². The van der Waals surface area contributed by atoms with Crippen molar-refractivity contribution in [1.82, 2.24) is 5.32 Å². The van der Waals surface area contributed by atoms with E-state index in [4.69, 9.17) is 16.2 Å². The van der Waals surface area contributed by atoms with Gasteiger partial charge in [-0.2, -0.15) is 18.8 Å². The van der Waals surface area contributed by atoms with Crippen LogP contribution in [0.3, 0.4) is 0 Å². The second-order valence-electron chi connectivity index (χ2n) is 4.44. The first kappa shape index (κ1) is 16.0. The van der Waals surface area contributed by atoms with Gasteiger partial charge < -0.3 is 16.2 Å². The highest BCUT2D eigenvalue weighted by Gasteiger charge is 2.46. The third-order valence-corrected chi connectivity index (χ3v) is 2.74. The molecule has 6 nitrogen and oxygen atoms in total. The highest BCUT2D eigenvalue weighted by molar-refractivity contribution is 5.98. The van der Waals surface area contributed by atoms with E-state index in [1.807, 2.05) is 0 Å². The van der Waals surface area contributed by atoms with Crippen molar-refractivity contribution in [3.63, 3.8) is 0 Å². The Hall–Kier alpha value is -2.36. The third kappa shape index (κ3) is 3.27. The second-order valence-corrected chi connectivity index (χ2v) is 4.44. The minimum Gasteiger partial charge on any atom is -0.369 e. The number of aliphatic imine (C=N–C) groups is 2. The normalized spacial score (nSPS) is 17.7. The lowest BCUT2D eigenvalue weighted by Gasteiger charge is -2.31. The number of guanidine groups is 2. The Balaban J connectivity index is 2.38. The van der Waals surface area contributed by atoms with Gasteiger partial charge in [0.15, 0.2) is 11.9 Å². The monoisotopic (exact) mass is 319 g/mol. The van der Waals surface area contributed by atoms with E-state index in [9.17, 15) is 17.6 Å². The van der Waals surface area contributed by atoms with Gasteiger partial charge in [-0.15, -0.1) is 0 Å². The molecule has 0 spiro atoms. The molecule has 120 valence electrons. The van der Waals surface area contributed by atoms with Crippen LogP contribution in [0.25, 0.3) is 0 Å². The van der Waals surface area contributed by atoms with Crippen molar-refractivity contribution in [3.05, 3.63) is 35.9 Å². The lowest BCUT2D eigenvalue weighted by atomic mass is 10.1. The zero-order chi connectivity index (χ0) is 16.4. The summed E-state index contributed by atoms with van der Waals surface area (Å²) in [7, 11) is 0. The Kier molecular flexibility index (Phi) is 4.22. The fraction of sp³-hybridized carbons (Fsp3) is 0.333. The minimum absolute atomic E-state index is 0.215. The van der Waals surface area contributed by atoms with Crippen molar-refractivity contribution in [3.8, 4) is 0 Å². The van der Waals surface area contributed by atoms with Crippen LogP contribution in [-0.2, 0) is 10.6 Å². The van der Waals surface area contributed by atoms with E-state index in [2.05, 4.69) is 15.3 Å². The molecule has 0 unspecified atom stereocenters. The van der Waals surface area contributed by atoms with Crippen LogP contribution in [0.1, 0.15) is 5.56 Å². The number of alkyl halides is 4. The van der Waals surface area contributed by atoms with Crippen LogP contribution in [0.5, 0.6) is 0 Å². The number of hydrogen-bond donors (Lipinski definition) is 3. The minimum atomic E-state index is -4.36. The van der Waals surface area contributed by atoms with Gasteiger partial charge in [-0.25, -0.2) is 8.78 Å². The lowest BCUT2D eigenvalue weighted by molar-refractivity contribution is -0.195. The molecule has 0 bridgehead atoms. The topological polar surface area (TPSA) is 98.0 Å². The Bertz CT molecular complexity index is 572. The van der Waals surface area contributed by atoms with Gasteiger partial charge in [-0.3, -0.25) is 5.32 Å². The van der Waals surface area contributed by atoms with Crippen LogP contribution >= 0.6 is 0 Å². The average molecular weight is 319 g/mol. The maximum Gasteiger partial charge on any atom is 0.330 e. The fourth-order valence-corrected chi connectivity index (χ4v) is 1.73. The highest BCUT2D eigenvalue weighted by Crippen LogP contribution is 2.33. The quantitative estimate of drug-likeness (QED) is 0.704. The van der Waals surface area contributed by atoms with Crippen molar-refractivity contribution < 1.29 is 22.3 Å². The predicted octanol–water partition coefficient (Wildman–Crippen LogP) is 0.946. The van der Waals surface area contributed by atoms with Crippen molar-refractivity contribution in [2.45, 2.75) is 18.2 Å². The van der Waals surface area contributed by atoms with Gasteiger partial charge >= 0.3 is 12.3 Å². The van der Waals surface area contributed by atoms with Crippen LogP contribution < -0.4 is 16.8 Å². The molecule has 0 amide bonds. The Labute approximate surface area is 122 Å². The van der Waals surface area contributed by atoms with Crippen LogP contribution in [-0.4, -0.2) is 30.9 Å². The van der Waals surface area contributed by atoms with Gasteiger partial charge in [0.1, 0.15) is 6.61 Å². The number of nitrogens with zero attached hydrogens (tertiary/aromatic N) is 2. The van der Waals surface area contributed by atoms with Gasteiger partial charge in [0.05, 0.1) is 0 Å². The zero-order valence-corrected chi connectivity index (χ0v) is 11.1. The number of ether oxygens (including phenoxy) is 1. The zero-order valence-electron chi connectivity index (χ0n) is 11.1. The van der Waals surface area contributed by atoms with Gasteiger partial charge in [0.2, 0.25) is 0 Å². The molecule has 0 radical (unpaired) electrons. The maximum absolute atomic E-state index is 13.1.